The van der Waals surface area contributed by atoms with Crippen LogP contribution in [0.3, 0.4) is 0 Å². The van der Waals surface area contributed by atoms with Gasteiger partial charge in [0.25, 0.3) is 0 Å². The van der Waals surface area contributed by atoms with E-state index in [1.165, 1.54) is 25.7 Å². The first-order valence-corrected chi connectivity index (χ1v) is 12.6. The number of hydrogen-bond acceptors (Lipinski definition) is 1. The van der Waals surface area contributed by atoms with Gasteiger partial charge in [-0.15, -0.1) is 0 Å². The lowest BCUT2D eigenvalue weighted by Gasteiger charge is -2.28. The monoisotopic (exact) mass is 428 g/mol. The van der Waals surface area contributed by atoms with Gasteiger partial charge in [0.2, 0.25) is 5.82 Å². The van der Waals surface area contributed by atoms with Crippen LogP contribution in [0.5, 0.6) is 5.75 Å². The summed E-state index contributed by atoms with van der Waals surface area (Å²) < 4.78 is 35.2. The van der Waals surface area contributed by atoms with Gasteiger partial charge in [0.15, 0.2) is 11.6 Å². The van der Waals surface area contributed by atoms with Crippen LogP contribution in [0.4, 0.5) is 8.78 Å². The van der Waals surface area contributed by atoms with Crippen molar-refractivity contribution in [3.05, 3.63) is 53.6 Å². The Labute approximate surface area is 187 Å². The Morgan fingerprint density at radius 2 is 1.55 bits per heavy atom. The summed E-state index contributed by atoms with van der Waals surface area (Å²) in [5, 5.41) is 0. The molecule has 0 saturated heterocycles. The summed E-state index contributed by atoms with van der Waals surface area (Å²) in [7, 11) is 0. The maximum absolute atomic E-state index is 14.8. The zero-order valence-electron chi connectivity index (χ0n) is 19.0. The SMILES string of the molecule is CC1CCC(/C=C/C2CCC(c3ccc(OCC4C=CCCC4)c(F)c3F)CC2)CC1. The van der Waals surface area contributed by atoms with Crippen molar-refractivity contribution < 1.29 is 13.5 Å². The molecule has 1 aromatic rings. The van der Waals surface area contributed by atoms with Gasteiger partial charge >= 0.3 is 0 Å². The zero-order chi connectivity index (χ0) is 21.6. The molecule has 0 aliphatic heterocycles. The average Bonchev–Trinajstić information content (AvgIpc) is 2.81. The van der Waals surface area contributed by atoms with Crippen LogP contribution in [0, 0.1) is 35.3 Å². The van der Waals surface area contributed by atoms with Crippen molar-refractivity contribution in [2.45, 2.75) is 83.5 Å². The largest absolute Gasteiger partial charge is 0.490 e. The molecule has 0 heterocycles. The van der Waals surface area contributed by atoms with E-state index in [2.05, 4.69) is 31.2 Å². The molecule has 0 radical (unpaired) electrons. The molecule has 2 fully saturated rings. The summed E-state index contributed by atoms with van der Waals surface area (Å²) >= 11 is 0. The first-order valence-electron chi connectivity index (χ1n) is 12.6. The first-order chi connectivity index (χ1) is 15.1. The third kappa shape index (κ3) is 5.99. The molecular weight excluding hydrogens is 390 g/mol. The predicted octanol–water partition coefficient (Wildman–Crippen LogP) is 8.36. The van der Waals surface area contributed by atoms with Gasteiger partial charge in [0.1, 0.15) is 0 Å². The van der Waals surface area contributed by atoms with Crippen molar-refractivity contribution >= 4 is 0 Å². The van der Waals surface area contributed by atoms with Crippen LogP contribution >= 0.6 is 0 Å². The Hall–Kier alpha value is -1.64. The van der Waals surface area contributed by atoms with E-state index in [1.807, 2.05) is 0 Å². The summed E-state index contributed by atoms with van der Waals surface area (Å²) in [4.78, 5) is 0. The molecular formula is C28H38F2O. The second-order valence-corrected chi connectivity index (χ2v) is 10.2. The summed E-state index contributed by atoms with van der Waals surface area (Å²) in [5.74, 6) is 1.18. The Bertz CT molecular complexity index is 767. The van der Waals surface area contributed by atoms with E-state index in [4.69, 9.17) is 4.74 Å². The molecule has 0 spiro atoms. The van der Waals surface area contributed by atoms with Crippen LogP contribution in [0.25, 0.3) is 0 Å². The molecule has 1 unspecified atom stereocenters. The quantitative estimate of drug-likeness (QED) is 0.414. The fraction of sp³-hybridized carbons (Fsp3) is 0.643. The minimum Gasteiger partial charge on any atom is -0.490 e. The van der Waals surface area contributed by atoms with E-state index in [0.29, 0.717) is 24.0 Å². The molecule has 3 aliphatic rings. The Morgan fingerprint density at radius 1 is 0.871 bits per heavy atom. The lowest BCUT2D eigenvalue weighted by molar-refractivity contribution is 0.248. The minimum absolute atomic E-state index is 0.0543. The van der Waals surface area contributed by atoms with Gasteiger partial charge in [-0.2, -0.15) is 4.39 Å². The van der Waals surface area contributed by atoms with Crippen LogP contribution in [0.2, 0.25) is 0 Å². The highest BCUT2D eigenvalue weighted by Crippen LogP contribution is 2.39. The molecule has 1 atom stereocenters. The molecule has 4 rings (SSSR count). The van der Waals surface area contributed by atoms with Crippen molar-refractivity contribution in [2.75, 3.05) is 6.61 Å². The third-order valence-corrected chi connectivity index (χ3v) is 7.81. The number of hydrogen-bond donors (Lipinski definition) is 0. The first kappa shape index (κ1) is 22.6. The third-order valence-electron chi connectivity index (χ3n) is 7.81. The maximum atomic E-state index is 14.8. The van der Waals surface area contributed by atoms with E-state index < -0.39 is 11.6 Å². The highest BCUT2D eigenvalue weighted by atomic mass is 19.2. The Balaban J connectivity index is 1.29. The molecule has 0 N–H and O–H groups in total. The summed E-state index contributed by atoms with van der Waals surface area (Å²) in [6, 6.07) is 3.39. The van der Waals surface area contributed by atoms with Crippen molar-refractivity contribution in [1.82, 2.24) is 0 Å². The lowest BCUT2D eigenvalue weighted by atomic mass is 9.77. The van der Waals surface area contributed by atoms with Gasteiger partial charge in [0.05, 0.1) is 6.61 Å². The lowest BCUT2D eigenvalue weighted by Crippen LogP contribution is -2.16. The molecule has 1 aromatic carbocycles. The van der Waals surface area contributed by atoms with Crippen LogP contribution in [0.1, 0.15) is 89.0 Å². The highest BCUT2D eigenvalue weighted by Gasteiger charge is 2.26. The molecule has 0 amide bonds. The number of allylic oxidation sites excluding steroid dienone is 3. The van der Waals surface area contributed by atoms with Crippen LogP contribution in [-0.2, 0) is 0 Å². The summed E-state index contributed by atoms with van der Waals surface area (Å²) in [5.41, 5.74) is 0.533. The van der Waals surface area contributed by atoms with Gasteiger partial charge in [0, 0.05) is 5.92 Å². The molecule has 0 aromatic heterocycles. The number of halogens is 2. The molecule has 31 heavy (non-hydrogen) atoms. The Kier molecular flexibility index (Phi) is 7.85. The normalized spacial score (nSPS) is 31.8. The van der Waals surface area contributed by atoms with Gasteiger partial charge in [-0.1, -0.05) is 50.1 Å². The Morgan fingerprint density at radius 3 is 2.19 bits per heavy atom. The number of ether oxygens (including phenoxy) is 1. The minimum atomic E-state index is -0.814. The zero-order valence-corrected chi connectivity index (χ0v) is 19.0. The van der Waals surface area contributed by atoms with Crippen molar-refractivity contribution in [3.63, 3.8) is 0 Å². The summed E-state index contributed by atoms with van der Waals surface area (Å²) in [6.45, 7) is 2.78. The van der Waals surface area contributed by atoms with Gasteiger partial charge in [-0.05, 0) is 93.1 Å². The second kappa shape index (κ2) is 10.8. The second-order valence-electron chi connectivity index (χ2n) is 10.2. The molecule has 170 valence electrons. The number of benzene rings is 1. The van der Waals surface area contributed by atoms with Crippen LogP contribution in [-0.4, -0.2) is 6.61 Å². The molecule has 0 bridgehead atoms. The summed E-state index contributed by atoms with van der Waals surface area (Å²) in [6.07, 6.45) is 21.8. The van der Waals surface area contributed by atoms with Crippen molar-refractivity contribution in [1.29, 1.82) is 0 Å². The fourth-order valence-corrected chi connectivity index (χ4v) is 5.61. The smallest absolute Gasteiger partial charge is 0.200 e. The molecule has 3 heteroatoms. The van der Waals surface area contributed by atoms with E-state index in [9.17, 15) is 8.78 Å². The van der Waals surface area contributed by atoms with E-state index in [-0.39, 0.29) is 11.7 Å². The molecule has 3 aliphatic carbocycles. The van der Waals surface area contributed by atoms with E-state index in [1.54, 1.807) is 12.1 Å². The van der Waals surface area contributed by atoms with E-state index in [0.717, 1.165) is 56.8 Å². The maximum Gasteiger partial charge on any atom is 0.200 e. The molecule has 1 nitrogen and oxygen atoms in total. The highest BCUT2D eigenvalue weighted by molar-refractivity contribution is 5.33. The van der Waals surface area contributed by atoms with Crippen LogP contribution in [0.15, 0.2) is 36.4 Å². The van der Waals surface area contributed by atoms with Gasteiger partial charge in [-0.25, -0.2) is 4.39 Å². The molecule has 2 saturated carbocycles. The number of rotatable bonds is 6. The topological polar surface area (TPSA) is 9.23 Å². The predicted molar refractivity (Wildman–Crippen MR) is 123 cm³/mol. The fourth-order valence-electron chi connectivity index (χ4n) is 5.61. The van der Waals surface area contributed by atoms with Gasteiger partial charge < -0.3 is 4.74 Å². The van der Waals surface area contributed by atoms with Crippen LogP contribution < -0.4 is 4.74 Å². The van der Waals surface area contributed by atoms with Crippen molar-refractivity contribution in [3.8, 4) is 5.75 Å². The van der Waals surface area contributed by atoms with Crippen molar-refractivity contribution in [2.24, 2.45) is 23.7 Å². The van der Waals surface area contributed by atoms with E-state index >= 15 is 0 Å². The average molecular weight is 429 g/mol. The van der Waals surface area contributed by atoms with Gasteiger partial charge in [-0.3, -0.25) is 0 Å². The standard InChI is InChI=1S/C28H38F2O/c1-20-7-9-21(10-8-20)11-12-22-13-15-24(16-14-22)25-17-18-26(28(30)27(25)29)31-19-23-5-3-2-4-6-23/h3,5,11-12,17-18,20-24H,2,4,6-10,13-16,19H2,1H3/b12-11+.